The third-order valence-electron chi connectivity index (χ3n) is 5.98. The average molecular weight is 460 g/mol. The highest BCUT2D eigenvalue weighted by Crippen LogP contribution is 2.40. The number of fused-ring (bicyclic) bond motifs is 2. The summed E-state index contributed by atoms with van der Waals surface area (Å²) in [7, 11) is -4.11. The van der Waals surface area contributed by atoms with Crippen LogP contribution in [0.3, 0.4) is 0 Å². The summed E-state index contributed by atoms with van der Waals surface area (Å²) in [4.78, 5) is 26.3. The van der Waals surface area contributed by atoms with Gasteiger partial charge in [0, 0.05) is 17.8 Å². The van der Waals surface area contributed by atoms with Crippen LogP contribution in [0, 0.1) is 5.92 Å². The number of aromatic nitrogens is 3. The molecule has 0 spiro atoms. The molecule has 2 heterocycles. The van der Waals surface area contributed by atoms with Gasteiger partial charge in [0.1, 0.15) is 0 Å². The fourth-order valence-electron chi connectivity index (χ4n) is 4.30. The molecule has 1 fully saturated rings. The van der Waals surface area contributed by atoms with Gasteiger partial charge in [0.05, 0.1) is 25.7 Å². The first-order chi connectivity index (χ1) is 14.7. The lowest BCUT2D eigenvalue weighted by Gasteiger charge is -2.34. The fraction of sp³-hybridized carbons (Fsp3) is 0.238. The van der Waals surface area contributed by atoms with E-state index in [4.69, 9.17) is 11.6 Å². The smallest absolute Gasteiger partial charge is 0.362 e. The molecule has 1 saturated carbocycles. The van der Waals surface area contributed by atoms with Crippen molar-refractivity contribution in [2.75, 3.05) is 0 Å². The van der Waals surface area contributed by atoms with Gasteiger partial charge < -0.3 is 14.8 Å². The molecule has 160 valence electrons. The van der Waals surface area contributed by atoms with Crippen molar-refractivity contribution in [3.63, 3.8) is 0 Å². The van der Waals surface area contributed by atoms with Crippen LogP contribution in [-0.4, -0.2) is 27.9 Å². The molecular weight excluding hydrogens is 442 g/mol. The van der Waals surface area contributed by atoms with Crippen molar-refractivity contribution >= 4 is 43.2 Å². The molecule has 0 amide bonds. The van der Waals surface area contributed by atoms with Crippen molar-refractivity contribution in [1.82, 2.24) is 14.3 Å². The second kappa shape index (κ2) is 6.73. The van der Waals surface area contributed by atoms with Crippen molar-refractivity contribution < 1.29 is 13.6 Å². The van der Waals surface area contributed by atoms with Gasteiger partial charge in [0.25, 0.3) is 5.56 Å². The fourth-order valence-corrected chi connectivity index (χ4v) is 5.98. The second-order valence-electron chi connectivity index (χ2n) is 8.02. The number of H-pyrrole nitrogens is 1. The van der Waals surface area contributed by atoms with E-state index >= 15 is 0 Å². The summed E-state index contributed by atoms with van der Waals surface area (Å²) in [6.07, 6.45) is 4.05. The van der Waals surface area contributed by atoms with E-state index in [0.717, 1.165) is 23.7 Å². The van der Waals surface area contributed by atoms with Crippen molar-refractivity contribution in [1.29, 1.82) is 0 Å². The first-order valence-electron chi connectivity index (χ1n) is 9.71. The van der Waals surface area contributed by atoms with Crippen LogP contribution < -0.4 is 11.2 Å². The molecule has 0 aliphatic heterocycles. The van der Waals surface area contributed by atoms with Crippen molar-refractivity contribution in [3.8, 4) is 0 Å². The lowest BCUT2D eigenvalue weighted by molar-refractivity contribution is 0.162. The predicted octanol–water partition coefficient (Wildman–Crippen LogP) is 3.34. The quantitative estimate of drug-likeness (QED) is 0.456. The first kappa shape index (κ1) is 19.9. The minimum atomic E-state index is -4.11. The molecule has 0 bridgehead atoms. The Balaban J connectivity index is 1.73. The predicted molar refractivity (Wildman–Crippen MR) is 116 cm³/mol. The van der Waals surface area contributed by atoms with Crippen LogP contribution in [0.4, 0.5) is 0 Å². The van der Waals surface area contributed by atoms with E-state index in [1.54, 1.807) is 12.1 Å². The summed E-state index contributed by atoms with van der Waals surface area (Å²) in [5.74, 6) is 0.641. The number of nitrogens with one attached hydrogen (secondary N) is 1. The standard InChI is InChI=1S/C21H18ClN3O5S/c1-11-8-13(9-11)24-7-6-12-2-3-14(10-16(12)24)31(29,30)17-5-4-15(22)18-19(17)23-21(27)25(28)20(18)26/h2-7,10-11,13,28H,8-9H2,1H3,(H,23,27). The molecule has 0 radical (unpaired) electrons. The van der Waals surface area contributed by atoms with E-state index < -0.39 is 21.1 Å². The Morgan fingerprint density at radius 3 is 2.58 bits per heavy atom. The summed E-state index contributed by atoms with van der Waals surface area (Å²) >= 11 is 6.06. The SMILES string of the molecule is CC1CC(n2ccc3ccc(S(=O)(=O)c4ccc(Cl)c5c(=O)n(O)c(=O)[nH]c45)cc32)C1. The van der Waals surface area contributed by atoms with Gasteiger partial charge in [-0.1, -0.05) is 29.3 Å². The minimum Gasteiger partial charge on any atom is -0.421 e. The zero-order valence-corrected chi connectivity index (χ0v) is 17.9. The highest BCUT2D eigenvalue weighted by molar-refractivity contribution is 7.91. The molecule has 31 heavy (non-hydrogen) atoms. The monoisotopic (exact) mass is 459 g/mol. The number of nitrogens with zero attached hydrogens (tertiary/aromatic N) is 2. The number of rotatable bonds is 3. The van der Waals surface area contributed by atoms with E-state index in [1.807, 2.05) is 12.3 Å². The lowest BCUT2D eigenvalue weighted by atomic mass is 9.81. The van der Waals surface area contributed by atoms with Gasteiger partial charge in [0.2, 0.25) is 9.84 Å². The Labute approximate surface area is 181 Å². The molecule has 2 N–H and O–H groups in total. The van der Waals surface area contributed by atoms with Gasteiger partial charge in [0.15, 0.2) is 0 Å². The summed E-state index contributed by atoms with van der Waals surface area (Å²) in [5.41, 5.74) is -1.68. The van der Waals surface area contributed by atoms with Crippen molar-refractivity contribution in [2.45, 2.75) is 35.6 Å². The molecule has 0 unspecified atom stereocenters. The maximum atomic E-state index is 13.5. The first-order valence-corrected chi connectivity index (χ1v) is 11.6. The van der Waals surface area contributed by atoms with Gasteiger partial charge in [-0.25, -0.2) is 13.2 Å². The highest BCUT2D eigenvalue weighted by atomic mass is 35.5. The summed E-state index contributed by atoms with van der Waals surface area (Å²) in [6.45, 7) is 2.19. The van der Waals surface area contributed by atoms with E-state index in [9.17, 15) is 23.2 Å². The van der Waals surface area contributed by atoms with Crippen LogP contribution in [-0.2, 0) is 9.84 Å². The number of aromatic amines is 1. The Bertz CT molecular complexity index is 1590. The zero-order valence-electron chi connectivity index (χ0n) is 16.4. The van der Waals surface area contributed by atoms with E-state index in [2.05, 4.69) is 16.5 Å². The van der Waals surface area contributed by atoms with Crippen LogP contribution >= 0.6 is 11.6 Å². The van der Waals surface area contributed by atoms with Crippen LogP contribution in [0.5, 0.6) is 0 Å². The zero-order chi connectivity index (χ0) is 22.1. The molecule has 2 aromatic heterocycles. The average Bonchev–Trinajstić information content (AvgIpc) is 3.12. The Hall–Kier alpha value is -3.04. The van der Waals surface area contributed by atoms with E-state index in [-0.39, 0.29) is 30.4 Å². The second-order valence-corrected chi connectivity index (χ2v) is 10.3. The van der Waals surface area contributed by atoms with Crippen molar-refractivity contribution in [2.24, 2.45) is 5.92 Å². The van der Waals surface area contributed by atoms with Crippen LogP contribution in [0.25, 0.3) is 21.8 Å². The highest BCUT2D eigenvalue weighted by Gasteiger charge is 2.29. The number of sulfone groups is 1. The lowest BCUT2D eigenvalue weighted by Crippen LogP contribution is -2.33. The summed E-state index contributed by atoms with van der Waals surface area (Å²) < 4.78 is 29.0. The summed E-state index contributed by atoms with van der Waals surface area (Å²) in [5, 5.41) is 10.2. The number of benzene rings is 2. The normalized spacial score (nSPS) is 19.0. The maximum absolute atomic E-state index is 13.5. The molecule has 10 heteroatoms. The van der Waals surface area contributed by atoms with Gasteiger partial charge in [-0.05, 0) is 54.5 Å². The van der Waals surface area contributed by atoms with Gasteiger partial charge in [-0.15, -0.1) is 0 Å². The Kier molecular flexibility index (Phi) is 4.32. The number of hydrogen-bond donors (Lipinski definition) is 2. The third-order valence-corrected chi connectivity index (χ3v) is 8.09. The van der Waals surface area contributed by atoms with Gasteiger partial charge >= 0.3 is 5.69 Å². The minimum absolute atomic E-state index is 0.0324. The Morgan fingerprint density at radius 2 is 1.87 bits per heavy atom. The molecule has 1 aliphatic carbocycles. The molecular formula is C21H18ClN3O5S. The van der Waals surface area contributed by atoms with E-state index in [1.165, 1.54) is 18.2 Å². The van der Waals surface area contributed by atoms with Gasteiger partial charge in [-0.2, -0.15) is 0 Å². The maximum Gasteiger partial charge on any atom is 0.362 e. The van der Waals surface area contributed by atoms with Gasteiger partial charge in [-0.3, -0.25) is 4.79 Å². The molecule has 2 aromatic carbocycles. The molecule has 5 rings (SSSR count). The van der Waals surface area contributed by atoms with Crippen LogP contribution in [0.1, 0.15) is 25.8 Å². The molecule has 0 atom stereocenters. The van der Waals surface area contributed by atoms with Crippen molar-refractivity contribution in [3.05, 3.63) is 68.5 Å². The van der Waals surface area contributed by atoms with Crippen LogP contribution in [0.2, 0.25) is 5.02 Å². The largest absolute Gasteiger partial charge is 0.421 e. The van der Waals surface area contributed by atoms with Crippen LogP contribution in [0.15, 0.2) is 62.0 Å². The topological polar surface area (TPSA) is 114 Å². The summed E-state index contributed by atoms with van der Waals surface area (Å²) in [6, 6.07) is 9.63. The number of hydrogen-bond acceptors (Lipinski definition) is 5. The molecule has 8 nitrogen and oxygen atoms in total. The molecule has 1 aliphatic rings. The number of halogens is 1. The Morgan fingerprint density at radius 1 is 1.13 bits per heavy atom. The molecule has 4 aromatic rings. The van der Waals surface area contributed by atoms with E-state index in [0.29, 0.717) is 12.0 Å². The third kappa shape index (κ3) is 2.91. The molecule has 0 saturated heterocycles.